The molecule has 3 unspecified atom stereocenters. The van der Waals surface area contributed by atoms with Crippen LogP contribution in [0.25, 0.3) is 0 Å². The van der Waals surface area contributed by atoms with Crippen LogP contribution in [-0.2, 0) is 9.53 Å². The molecule has 0 saturated carbocycles. The summed E-state index contributed by atoms with van der Waals surface area (Å²) in [5.74, 6) is 0.506. The van der Waals surface area contributed by atoms with Crippen molar-refractivity contribution in [1.29, 1.82) is 0 Å². The van der Waals surface area contributed by atoms with E-state index in [9.17, 15) is 4.79 Å². The van der Waals surface area contributed by atoms with E-state index in [2.05, 4.69) is 26.1 Å². The van der Waals surface area contributed by atoms with E-state index in [0.29, 0.717) is 19.1 Å². The average Bonchev–Trinajstić information content (AvgIpc) is 2.73. The third kappa shape index (κ3) is 3.46. The van der Waals surface area contributed by atoms with E-state index >= 15 is 0 Å². The second kappa shape index (κ2) is 6.21. The number of amides is 1. The Hall–Kier alpha value is -0.610. The van der Waals surface area contributed by atoms with Gasteiger partial charge in [0, 0.05) is 19.2 Å². The zero-order valence-corrected chi connectivity index (χ0v) is 10.5. The van der Waals surface area contributed by atoms with E-state index in [-0.39, 0.29) is 24.0 Å². The lowest BCUT2D eigenvalue weighted by atomic mass is 9.98. The quantitative estimate of drug-likeness (QED) is 0.735. The molecule has 0 aromatic heterocycles. The maximum absolute atomic E-state index is 11.9. The van der Waals surface area contributed by atoms with Gasteiger partial charge in [-0.15, -0.1) is 0 Å². The molecule has 0 radical (unpaired) electrons. The number of nitrogens with two attached hydrogens (primary N) is 1. The fraction of sp³-hybridized carbons (Fsp3) is 0.917. The van der Waals surface area contributed by atoms with E-state index < -0.39 is 0 Å². The lowest BCUT2D eigenvalue weighted by Gasteiger charge is -2.20. The molecule has 0 aromatic carbocycles. The molecule has 3 N–H and O–H groups in total. The maximum Gasteiger partial charge on any atom is 0.225 e. The van der Waals surface area contributed by atoms with E-state index in [1.807, 2.05) is 0 Å². The molecule has 1 saturated heterocycles. The third-order valence-corrected chi connectivity index (χ3v) is 3.32. The van der Waals surface area contributed by atoms with Gasteiger partial charge in [0.25, 0.3) is 0 Å². The van der Waals surface area contributed by atoms with Crippen LogP contribution >= 0.6 is 0 Å². The molecule has 1 heterocycles. The minimum atomic E-state index is 0.0179. The average molecular weight is 228 g/mol. The Labute approximate surface area is 97.9 Å². The monoisotopic (exact) mass is 228 g/mol. The number of rotatable bonds is 5. The minimum Gasteiger partial charge on any atom is -0.377 e. The molecule has 1 aliphatic heterocycles. The molecule has 1 aliphatic rings. The van der Waals surface area contributed by atoms with Crippen LogP contribution in [0.15, 0.2) is 0 Å². The number of nitrogens with one attached hydrogen (secondary N) is 1. The molecule has 0 spiro atoms. The van der Waals surface area contributed by atoms with Gasteiger partial charge in [0.05, 0.1) is 12.0 Å². The van der Waals surface area contributed by atoms with E-state index in [4.69, 9.17) is 10.5 Å². The summed E-state index contributed by atoms with van der Waals surface area (Å²) in [6, 6.07) is 0.0337. The highest BCUT2D eigenvalue weighted by atomic mass is 16.5. The van der Waals surface area contributed by atoms with Crippen molar-refractivity contribution >= 4 is 5.91 Å². The summed E-state index contributed by atoms with van der Waals surface area (Å²) in [6.07, 6.45) is 1.82. The minimum absolute atomic E-state index is 0.0179. The molecule has 0 bridgehead atoms. The lowest BCUT2D eigenvalue weighted by Crippen LogP contribution is -2.43. The summed E-state index contributed by atoms with van der Waals surface area (Å²) in [7, 11) is 0. The highest BCUT2D eigenvalue weighted by Crippen LogP contribution is 2.23. The first kappa shape index (κ1) is 13.5. The van der Waals surface area contributed by atoms with Gasteiger partial charge in [-0.05, 0) is 18.8 Å². The Balaban J connectivity index is 2.34. The van der Waals surface area contributed by atoms with Crippen molar-refractivity contribution in [2.75, 3.05) is 13.2 Å². The van der Waals surface area contributed by atoms with Crippen molar-refractivity contribution in [3.05, 3.63) is 0 Å². The van der Waals surface area contributed by atoms with Crippen molar-refractivity contribution in [2.45, 2.75) is 45.8 Å². The summed E-state index contributed by atoms with van der Waals surface area (Å²) in [5.41, 5.74) is 5.88. The molecule has 4 nitrogen and oxygen atoms in total. The van der Waals surface area contributed by atoms with Gasteiger partial charge in [0.2, 0.25) is 5.91 Å². The first-order valence-electron chi connectivity index (χ1n) is 6.21. The van der Waals surface area contributed by atoms with Gasteiger partial charge in [0.15, 0.2) is 0 Å². The topological polar surface area (TPSA) is 64.3 Å². The van der Waals surface area contributed by atoms with Crippen LogP contribution in [0.3, 0.4) is 0 Å². The molecular formula is C12H24N2O2. The van der Waals surface area contributed by atoms with Gasteiger partial charge in [0.1, 0.15) is 0 Å². The fourth-order valence-corrected chi connectivity index (χ4v) is 1.94. The highest BCUT2D eigenvalue weighted by molar-refractivity contribution is 5.79. The van der Waals surface area contributed by atoms with Crippen molar-refractivity contribution in [3.8, 4) is 0 Å². The number of ether oxygens (including phenoxy) is 1. The van der Waals surface area contributed by atoms with E-state index in [0.717, 1.165) is 12.8 Å². The van der Waals surface area contributed by atoms with Crippen LogP contribution in [-0.4, -0.2) is 31.2 Å². The van der Waals surface area contributed by atoms with Crippen LogP contribution in [0.2, 0.25) is 0 Å². The predicted octanol–water partition coefficient (Wildman–Crippen LogP) is 0.901. The summed E-state index contributed by atoms with van der Waals surface area (Å²) in [6.45, 7) is 7.43. The Morgan fingerprint density at radius 1 is 1.56 bits per heavy atom. The van der Waals surface area contributed by atoms with Crippen molar-refractivity contribution in [1.82, 2.24) is 5.32 Å². The van der Waals surface area contributed by atoms with Crippen LogP contribution in [0.1, 0.15) is 33.6 Å². The molecule has 16 heavy (non-hydrogen) atoms. The van der Waals surface area contributed by atoms with Gasteiger partial charge in [-0.25, -0.2) is 0 Å². The van der Waals surface area contributed by atoms with Gasteiger partial charge < -0.3 is 15.8 Å². The van der Waals surface area contributed by atoms with Gasteiger partial charge >= 0.3 is 0 Å². The normalized spacial score (nSPS) is 27.1. The van der Waals surface area contributed by atoms with Crippen molar-refractivity contribution < 1.29 is 9.53 Å². The van der Waals surface area contributed by atoms with E-state index in [1.165, 1.54) is 0 Å². The molecule has 1 amide bonds. The Kier molecular flexibility index (Phi) is 5.22. The van der Waals surface area contributed by atoms with Crippen LogP contribution in [0.5, 0.6) is 0 Å². The van der Waals surface area contributed by atoms with E-state index in [1.54, 1.807) is 0 Å². The molecule has 3 atom stereocenters. The van der Waals surface area contributed by atoms with Crippen LogP contribution < -0.4 is 11.1 Å². The molecule has 94 valence electrons. The largest absolute Gasteiger partial charge is 0.377 e. The number of hydrogen-bond donors (Lipinski definition) is 2. The summed E-state index contributed by atoms with van der Waals surface area (Å²) >= 11 is 0. The number of carbonyl (C=O) groups is 1. The molecular weight excluding hydrogens is 204 g/mol. The van der Waals surface area contributed by atoms with Gasteiger partial charge in [-0.3, -0.25) is 4.79 Å². The van der Waals surface area contributed by atoms with Crippen molar-refractivity contribution in [3.63, 3.8) is 0 Å². The Morgan fingerprint density at radius 3 is 2.81 bits per heavy atom. The second-order valence-electron chi connectivity index (χ2n) is 4.87. The van der Waals surface area contributed by atoms with Crippen LogP contribution in [0, 0.1) is 11.8 Å². The Morgan fingerprint density at radius 2 is 2.25 bits per heavy atom. The SMILES string of the molecule is CCC1OCCC1C(=O)NCC(N)C(C)C. The number of carbonyl (C=O) groups excluding carboxylic acids is 1. The smallest absolute Gasteiger partial charge is 0.225 e. The van der Waals surface area contributed by atoms with Gasteiger partial charge in [-0.1, -0.05) is 20.8 Å². The van der Waals surface area contributed by atoms with Crippen molar-refractivity contribution in [2.24, 2.45) is 17.6 Å². The third-order valence-electron chi connectivity index (χ3n) is 3.32. The zero-order chi connectivity index (χ0) is 12.1. The first-order valence-corrected chi connectivity index (χ1v) is 6.21. The first-order chi connectivity index (χ1) is 7.56. The molecule has 1 fully saturated rings. The second-order valence-corrected chi connectivity index (χ2v) is 4.87. The summed E-state index contributed by atoms with van der Waals surface area (Å²) < 4.78 is 5.50. The highest BCUT2D eigenvalue weighted by Gasteiger charge is 2.32. The standard InChI is InChI=1S/C12H24N2O2/c1-4-11-9(5-6-16-11)12(15)14-7-10(13)8(2)3/h8-11H,4-7,13H2,1-3H3,(H,14,15). The number of hydrogen-bond acceptors (Lipinski definition) is 3. The fourth-order valence-electron chi connectivity index (χ4n) is 1.94. The molecule has 1 rings (SSSR count). The molecule has 0 aromatic rings. The molecule has 4 heteroatoms. The molecule has 0 aliphatic carbocycles. The van der Waals surface area contributed by atoms with Crippen LogP contribution in [0.4, 0.5) is 0 Å². The predicted molar refractivity (Wildman–Crippen MR) is 64.0 cm³/mol. The zero-order valence-electron chi connectivity index (χ0n) is 10.5. The summed E-state index contributed by atoms with van der Waals surface area (Å²) in [4.78, 5) is 11.9. The lowest BCUT2D eigenvalue weighted by molar-refractivity contribution is -0.126. The maximum atomic E-state index is 11.9. The summed E-state index contributed by atoms with van der Waals surface area (Å²) in [5, 5.41) is 2.93. The van der Waals surface area contributed by atoms with Gasteiger partial charge in [-0.2, -0.15) is 0 Å². The Bertz CT molecular complexity index is 231.